The van der Waals surface area contributed by atoms with Crippen LogP contribution in [-0.4, -0.2) is 50.1 Å². The van der Waals surface area contributed by atoms with Gasteiger partial charge in [0.1, 0.15) is 0 Å². The molecule has 0 radical (unpaired) electrons. The van der Waals surface area contributed by atoms with Crippen molar-refractivity contribution in [2.45, 2.75) is 31.7 Å². The molecule has 1 amide bonds. The van der Waals surface area contributed by atoms with Gasteiger partial charge >= 0.3 is 0 Å². The zero-order valence-electron chi connectivity index (χ0n) is 10.2. The molecule has 4 heteroatoms. The fourth-order valence-corrected chi connectivity index (χ4v) is 2.73. The molecule has 0 bridgehead atoms. The van der Waals surface area contributed by atoms with Crippen molar-refractivity contribution in [3.63, 3.8) is 0 Å². The van der Waals surface area contributed by atoms with Crippen LogP contribution in [0.2, 0.25) is 0 Å². The Bertz CT molecular complexity index is 232. The first kappa shape index (κ1) is 11.9. The first-order valence-corrected chi connectivity index (χ1v) is 6.47. The second-order valence-electron chi connectivity index (χ2n) is 4.95. The van der Waals surface area contributed by atoms with E-state index >= 15 is 0 Å². The van der Waals surface area contributed by atoms with Crippen LogP contribution in [0.5, 0.6) is 0 Å². The Kier molecular flexibility index (Phi) is 4.18. The van der Waals surface area contributed by atoms with E-state index in [4.69, 9.17) is 0 Å². The van der Waals surface area contributed by atoms with E-state index in [0.29, 0.717) is 11.9 Å². The number of nitrogens with zero attached hydrogens (tertiary/aromatic N) is 1. The number of rotatable bonds is 2. The van der Waals surface area contributed by atoms with Crippen LogP contribution in [0, 0.1) is 5.92 Å². The highest BCUT2D eigenvalue weighted by Crippen LogP contribution is 2.18. The van der Waals surface area contributed by atoms with E-state index in [1.54, 1.807) is 0 Å². The third-order valence-corrected chi connectivity index (χ3v) is 3.89. The van der Waals surface area contributed by atoms with Crippen molar-refractivity contribution in [1.29, 1.82) is 0 Å². The zero-order chi connectivity index (χ0) is 11.4. The van der Waals surface area contributed by atoms with Crippen molar-refractivity contribution in [2.24, 2.45) is 5.92 Å². The Balaban J connectivity index is 1.86. The molecule has 0 aromatic carbocycles. The SMILES string of the molecule is CN(C(=O)C1CCNCC1)C1CCNCC1. The van der Waals surface area contributed by atoms with Crippen LogP contribution >= 0.6 is 0 Å². The molecule has 4 nitrogen and oxygen atoms in total. The number of piperidine rings is 2. The number of hydrogen-bond donors (Lipinski definition) is 2. The van der Waals surface area contributed by atoms with Gasteiger partial charge in [0.15, 0.2) is 0 Å². The molecule has 16 heavy (non-hydrogen) atoms. The molecule has 2 N–H and O–H groups in total. The predicted octanol–water partition coefficient (Wildman–Crippen LogP) is 0.196. The molecule has 2 aliphatic heterocycles. The molecule has 2 saturated heterocycles. The van der Waals surface area contributed by atoms with Gasteiger partial charge < -0.3 is 15.5 Å². The third-order valence-electron chi connectivity index (χ3n) is 3.89. The largest absolute Gasteiger partial charge is 0.342 e. The van der Waals surface area contributed by atoms with E-state index in [0.717, 1.165) is 51.9 Å². The topological polar surface area (TPSA) is 44.4 Å². The van der Waals surface area contributed by atoms with E-state index in [1.165, 1.54) is 0 Å². The molecule has 2 fully saturated rings. The van der Waals surface area contributed by atoms with Crippen molar-refractivity contribution in [1.82, 2.24) is 15.5 Å². The Labute approximate surface area is 97.8 Å². The lowest BCUT2D eigenvalue weighted by atomic mass is 9.95. The van der Waals surface area contributed by atoms with E-state index < -0.39 is 0 Å². The lowest BCUT2D eigenvalue weighted by Crippen LogP contribution is -2.47. The molecule has 0 saturated carbocycles. The molecule has 2 aliphatic rings. The highest BCUT2D eigenvalue weighted by molar-refractivity contribution is 5.79. The molecule has 2 heterocycles. The smallest absolute Gasteiger partial charge is 0.225 e. The van der Waals surface area contributed by atoms with Crippen LogP contribution in [0.15, 0.2) is 0 Å². The Morgan fingerprint density at radius 3 is 2.06 bits per heavy atom. The Morgan fingerprint density at radius 2 is 1.50 bits per heavy atom. The van der Waals surface area contributed by atoms with Gasteiger partial charge in [-0.15, -0.1) is 0 Å². The summed E-state index contributed by atoms with van der Waals surface area (Å²) in [6.07, 6.45) is 4.22. The van der Waals surface area contributed by atoms with Crippen molar-refractivity contribution in [3.8, 4) is 0 Å². The van der Waals surface area contributed by atoms with E-state index in [9.17, 15) is 4.79 Å². The summed E-state index contributed by atoms with van der Waals surface area (Å²) in [7, 11) is 1.99. The highest BCUT2D eigenvalue weighted by atomic mass is 16.2. The fraction of sp³-hybridized carbons (Fsp3) is 0.917. The molecule has 0 aromatic heterocycles. The van der Waals surface area contributed by atoms with Gasteiger partial charge in [-0.2, -0.15) is 0 Å². The van der Waals surface area contributed by atoms with E-state index in [-0.39, 0.29) is 5.92 Å². The van der Waals surface area contributed by atoms with Crippen molar-refractivity contribution >= 4 is 5.91 Å². The summed E-state index contributed by atoms with van der Waals surface area (Å²) in [5.41, 5.74) is 0. The van der Waals surface area contributed by atoms with E-state index in [2.05, 4.69) is 10.6 Å². The van der Waals surface area contributed by atoms with Gasteiger partial charge in [-0.05, 0) is 51.9 Å². The zero-order valence-corrected chi connectivity index (χ0v) is 10.2. The normalized spacial score (nSPS) is 24.3. The molecular weight excluding hydrogens is 202 g/mol. The number of amides is 1. The van der Waals surface area contributed by atoms with Crippen LogP contribution in [0.1, 0.15) is 25.7 Å². The fourth-order valence-electron chi connectivity index (χ4n) is 2.73. The molecule has 0 atom stereocenters. The van der Waals surface area contributed by atoms with Gasteiger partial charge in [0.05, 0.1) is 0 Å². The molecule has 0 unspecified atom stereocenters. The van der Waals surface area contributed by atoms with Gasteiger partial charge in [-0.25, -0.2) is 0 Å². The maximum atomic E-state index is 12.3. The summed E-state index contributed by atoms with van der Waals surface area (Å²) in [5, 5.41) is 6.65. The minimum absolute atomic E-state index is 0.265. The molecule has 92 valence electrons. The molecule has 0 aliphatic carbocycles. The standard InChI is InChI=1S/C12H23N3O/c1-15(11-4-8-14-9-5-11)12(16)10-2-6-13-7-3-10/h10-11,13-14H,2-9H2,1H3. The van der Waals surface area contributed by atoms with Crippen LogP contribution in [0.3, 0.4) is 0 Å². The molecule has 0 aromatic rings. The van der Waals surface area contributed by atoms with Crippen molar-refractivity contribution < 1.29 is 4.79 Å². The van der Waals surface area contributed by atoms with Gasteiger partial charge in [0.25, 0.3) is 0 Å². The van der Waals surface area contributed by atoms with Crippen LogP contribution in [0.25, 0.3) is 0 Å². The lowest BCUT2D eigenvalue weighted by Gasteiger charge is -2.35. The minimum atomic E-state index is 0.265. The van der Waals surface area contributed by atoms with Crippen LogP contribution in [0.4, 0.5) is 0 Å². The van der Waals surface area contributed by atoms with E-state index in [1.807, 2.05) is 11.9 Å². The van der Waals surface area contributed by atoms with Crippen molar-refractivity contribution in [2.75, 3.05) is 33.2 Å². The van der Waals surface area contributed by atoms with Gasteiger partial charge in [-0.3, -0.25) is 4.79 Å². The second kappa shape index (κ2) is 5.64. The number of carbonyl (C=O) groups is 1. The quantitative estimate of drug-likeness (QED) is 0.705. The maximum absolute atomic E-state index is 12.3. The molecule has 0 spiro atoms. The minimum Gasteiger partial charge on any atom is -0.342 e. The summed E-state index contributed by atoms with van der Waals surface area (Å²) in [4.78, 5) is 14.3. The van der Waals surface area contributed by atoms with Gasteiger partial charge in [-0.1, -0.05) is 0 Å². The van der Waals surface area contributed by atoms with Crippen LogP contribution in [-0.2, 0) is 4.79 Å². The number of carbonyl (C=O) groups excluding carboxylic acids is 1. The molecule has 2 rings (SSSR count). The summed E-state index contributed by atoms with van der Waals surface area (Å²) in [5.74, 6) is 0.634. The summed E-state index contributed by atoms with van der Waals surface area (Å²) >= 11 is 0. The second-order valence-corrected chi connectivity index (χ2v) is 4.95. The number of nitrogens with one attached hydrogen (secondary N) is 2. The average Bonchev–Trinajstić information content (AvgIpc) is 2.39. The lowest BCUT2D eigenvalue weighted by molar-refractivity contribution is -0.137. The first-order valence-electron chi connectivity index (χ1n) is 6.47. The Morgan fingerprint density at radius 1 is 1.00 bits per heavy atom. The Hall–Kier alpha value is -0.610. The average molecular weight is 225 g/mol. The summed E-state index contributed by atoms with van der Waals surface area (Å²) in [6, 6.07) is 0.462. The van der Waals surface area contributed by atoms with Crippen LogP contribution < -0.4 is 10.6 Å². The van der Waals surface area contributed by atoms with Crippen molar-refractivity contribution in [3.05, 3.63) is 0 Å². The maximum Gasteiger partial charge on any atom is 0.225 e. The highest BCUT2D eigenvalue weighted by Gasteiger charge is 2.28. The monoisotopic (exact) mass is 225 g/mol. The third kappa shape index (κ3) is 2.74. The van der Waals surface area contributed by atoms with Gasteiger partial charge in [0, 0.05) is 19.0 Å². The summed E-state index contributed by atoms with van der Waals surface area (Å²) < 4.78 is 0. The van der Waals surface area contributed by atoms with Gasteiger partial charge in [0.2, 0.25) is 5.91 Å². The number of hydrogen-bond acceptors (Lipinski definition) is 3. The first-order chi connectivity index (χ1) is 7.79. The predicted molar refractivity (Wildman–Crippen MR) is 64.3 cm³/mol. The summed E-state index contributed by atoms with van der Waals surface area (Å²) in [6.45, 7) is 4.09. The molecular formula is C12H23N3O.